The van der Waals surface area contributed by atoms with E-state index in [-0.39, 0.29) is 0 Å². The van der Waals surface area contributed by atoms with Crippen molar-refractivity contribution in [2.75, 3.05) is 6.54 Å². The number of hydrogen-bond acceptors (Lipinski definition) is 4. The zero-order valence-corrected chi connectivity index (χ0v) is 11.5. The molecule has 0 aliphatic carbocycles. The summed E-state index contributed by atoms with van der Waals surface area (Å²) in [4.78, 5) is 0. The molecule has 0 aromatic heterocycles. The first-order valence-electron chi connectivity index (χ1n) is 6.13. The van der Waals surface area contributed by atoms with Crippen LogP contribution in [0.3, 0.4) is 0 Å². The van der Waals surface area contributed by atoms with Gasteiger partial charge in [0.2, 0.25) is 0 Å². The lowest BCUT2D eigenvalue weighted by atomic mass is 9.94. The Labute approximate surface area is 100 Å². The summed E-state index contributed by atoms with van der Waals surface area (Å²) in [6, 6.07) is 0. The van der Waals surface area contributed by atoms with Gasteiger partial charge in [-0.15, -0.1) is 0 Å². The van der Waals surface area contributed by atoms with E-state index in [2.05, 4.69) is 13.8 Å². The summed E-state index contributed by atoms with van der Waals surface area (Å²) >= 11 is 0. The minimum atomic E-state index is -0.910. The average molecular weight is 231 g/mol. The molecule has 0 aromatic rings. The third-order valence-corrected chi connectivity index (χ3v) is 2.38. The maximum absolute atomic E-state index is 9.97. The standard InChI is InChI=1S/C9H21N3O.C3H8/c1-4-9(13,5-2)8(10)7-12(11)6-3;1-3-2/h7,13H,4-6,10-11H2,1-3H3;3H2,1-2H3/b8-7-;. The molecule has 0 aliphatic heterocycles. The van der Waals surface area contributed by atoms with E-state index in [1.54, 1.807) is 6.20 Å². The third kappa shape index (κ3) is 6.69. The van der Waals surface area contributed by atoms with E-state index in [4.69, 9.17) is 11.6 Å². The van der Waals surface area contributed by atoms with Crippen molar-refractivity contribution in [3.8, 4) is 0 Å². The molecule has 0 saturated carbocycles. The van der Waals surface area contributed by atoms with Crippen LogP contribution < -0.4 is 11.6 Å². The number of nitrogens with zero attached hydrogens (tertiary/aromatic N) is 1. The molecule has 4 heteroatoms. The first-order valence-corrected chi connectivity index (χ1v) is 6.13. The lowest BCUT2D eigenvalue weighted by Crippen LogP contribution is -2.37. The molecular weight excluding hydrogens is 202 g/mol. The number of hydrogen-bond donors (Lipinski definition) is 3. The Kier molecular flexibility index (Phi) is 10.5. The van der Waals surface area contributed by atoms with Crippen LogP contribution in [0.5, 0.6) is 0 Å². The summed E-state index contributed by atoms with van der Waals surface area (Å²) in [6.45, 7) is 10.6. The highest BCUT2D eigenvalue weighted by molar-refractivity contribution is 5.11. The molecule has 16 heavy (non-hydrogen) atoms. The molecule has 0 spiro atoms. The monoisotopic (exact) mass is 231 g/mol. The largest absolute Gasteiger partial charge is 0.398 e. The Morgan fingerprint density at radius 1 is 1.19 bits per heavy atom. The molecule has 0 aliphatic rings. The highest BCUT2D eigenvalue weighted by Crippen LogP contribution is 2.20. The van der Waals surface area contributed by atoms with Crippen molar-refractivity contribution in [1.29, 1.82) is 0 Å². The van der Waals surface area contributed by atoms with Crippen molar-refractivity contribution in [1.82, 2.24) is 5.01 Å². The SMILES string of the molecule is CCC.CCN(N)/C=C(\N)C(O)(CC)CC. The highest BCUT2D eigenvalue weighted by atomic mass is 16.3. The Bertz CT molecular complexity index is 189. The van der Waals surface area contributed by atoms with Gasteiger partial charge in [0, 0.05) is 12.7 Å². The summed E-state index contributed by atoms with van der Waals surface area (Å²) in [6.07, 6.45) is 4.04. The first kappa shape index (κ1) is 17.6. The number of aliphatic hydroxyl groups is 1. The van der Waals surface area contributed by atoms with E-state index in [0.717, 1.165) is 0 Å². The molecule has 0 fully saturated rings. The quantitative estimate of drug-likeness (QED) is 0.499. The van der Waals surface area contributed by atoms with Crippen molar-refractivity contribution in [2.24, 2.45) is 11.6 Å². The van der Waals surface area contributed by atoms with Crippen LogP contribution in [0.2, 0.25) is 0 Å². The number of nitrogens with two attached hydrogens (primary N) is 2. The predicted molar refractivity (Wildman–Crippen MR) is 70.3 cm³/mol. The second kappa shape index (κ2) is 9.48. The molecule has 98 valence electrons. The van der Waals surface area contributed by atoms with E-state index < -0.39 is 5.60 Å². The molecular formula is C12H29N3O. The molecule has 0 heterocycles. The zero-order valence-electron chi connectivity index (χ0n) is 11.5. The minimum Gasteiger partial charge on any atom is -0.398 e. The molecule has 0 rings (SSSR count). The molecule has 0 amide bonds. The summed E-state index contributed by atoms with van der Waals surface area (Å²) < 4.78 is 0. The van der Waals surface area contributed by atoms with E-state index in [1.165, 1.54) is 11.4 Å². The molecule has 0 unspecified atom stereocenters. The van der Waals surface area contributed by atoms with Crippen LogP contribution in [-0.4, -0.2) is 22.3 Å². The van der Waals surface area contributed by atoms with Crippen molar-refractivity contribution < 1.29 is 5.11 Å². The number of rotatable bonds is 5. The highest BCUT2D eigenvalue weighted by Gasteiger charge is 2.25. The Balaban J connectivity index is 0. The Morgan fingerprint density at radius 2 is 1.56 bits per heavy atom. The molecule has 4 nitrogen and oxygen atoms in total. The van der Waals surface area contributed by atoms with Gasteiger partial charge < -0.3 is 15.8 Å². The zero-order chi connectivity index (χ0) is 13.2. The van der Waals surface area contributed by atoms with Gasteiger partial charge in [0.1, 0.15) is 5.60 Å². The molecule has 5 N–H and O–H groups in total. The predicted octanol–water partition coefficient (Wildman–Crippen LogP) is 1.95. The molecule has 0 saturated heterocycles. The van der Waals surface area contributed by atoms with Gasteiger partial charge in [-0.3, -0.25) is 0 Å². The Hall–Kier alpha value is -0.740. The van der Waals surface area contributed by atoms with Gasteiger partial charge >= 0.3 is 0 Å². The average Bonchev–Trinajstić information content (AvgIpc) is 2.28. The summed E-state index contributed by atoms with van der Waals surface area (Å²) in [5.74, 6) is 5.55. The summed E-state index contributed by atoms with van der Waals surface area (Å²) in [5, 5.41) is 11.4. The van der Waals surface area contributed by atoms with Crippen molar-refractivity contribution in [3.05, 3.63) is 11.9 Å². The topological polar surface area (TPSA) is 75.5 Å². The van der Waals surface area contributed by atoms with Crippen LogP contribution in [0.4, 0.5) is 0 Å². The lowest BCUT2D eigenvalue weighted by Gasteiger charge is -2.27. The van der Waals surface area contributed by atoms with E-state index in [0.29, 0.717) is 25.1 Å². The van der Waals surface area contributed by atoms with Crippen LogP contribution in [0, 0.1) is 0 Å². The van der Waals surface area contributed by atoms with Crippen LogP contribution >= 0.6 is 0 Å². The molecule has 0 bridgehead atoms. The van der Waals surface area contributed by atoms with Gasteiger partial charge in [0.15, 0.2) is 0 Å². The second-order valence-electron chi connectivity index (χ2n) is 3.86. The van der Waals surface area contributed by atoms with Crippen LogP contribution in [0.25, 0.3) is 0 Å². The molecule has 0 radical (unpaired) electrons. The lowest BCUT2D eigenvalue weighted by molar-refractivity contribution is 0.0665. The minimum absolute atomic E-state index is 0.432. The van der Waals surface area contributed by atoms with Crippen molar-refractivity contribution in [2.45, 2.75) is 59.5 Å². The van der Waals surface area contributed by atoms with Gasteiger partial charge in [-0.1, -0.05) is 34.1 Å². The molecule has 0 aromatic carbocycles. The van der Waals surface area contributed by atoms with E-state index in [1.807, 2.05) is 20.8 Å². The fourth-order valence-corrected chi connectivity index (χ4v) is 1.05. The van der Waals surface area contributed by atoms with Crippen LogP contribution in [0.1, 0.15) is 53.9 Å². The number of hydrazine groups is 1. The van der Waals surface area contributed by atoms with E-state index in [9.17, 15) is 5.11 Å². The smallest absolute Gasteiger partial charge is 0.105 e. The summed E-state index contributed by atoms with van der Waals surface area (Å²) in [5.41, 5.74) is 5.26. The van der Waals surface area contributed by atoms with Gasteiger partial charge in [0.05, 0.1) is 5.70 Å². The fourth-order valence-electron chi connectivity index (χ4n) is 1.05. The van der Waals surface area contributed by atoms with Gasteiger partial charge in [0.25, 0.3) is 0 Å². The summed E-state index contributed by atoms with van der Waals surface area (Å²) in [7, 11) is 0. The van der Waals surface area contributed by atoms with Gasteiger partial charge in [-0.2, -0.15) is 0 Å². The third-order valence-electron chi connectivity index (χ3n) is 2.38. The van der Waals surface area contributed by atoms with Crippen LogP contribution in [-0.2, 0) is 0 Å². The first-order chi connectivity index (χ1) is 7.41. The normalized spacial score (nSPS) is 11.8. The van der Waals surface area contributed by atoms with Gasteiger partial charge in [-0.05, 0) is 19.8 Å². The van der Waals surface area contributed by atoms with E-state index >= 15 is 0 Å². The fraction of sp³-hybridized carbons (Fsp3) is 0.833. The Morgan fingerprint density at radius 3 is 1.81 bits per heavy atom. The maximum Gasteiger partial charge on any atom is 0.105 e. The maximum atomic E-state index is 9.97. The second-order valence-corrected chi connectivity index (χ2v) is 3.86. The van der Waals surface area contributed by atoms with Crippen molar-refractivity contribution >= 4 is 0 Å². The van der Waals surface area contributed by atoms with Crippen molar-refractivity contribution in [3.63, 3.8) is 0 Å². The molecule has 0 atom stereocenters. The van der Waals surface area contributed by atoms with Crippen LogP contribution in [0.15, 0.2) is 11.9 Å². The van der Waals surface area contributed by atoms with Gasteiger partial charge in [-0.25, -0.2) is 5.84 Å².